The molecule has 0 saturated carbocycles. The van der Waals surface area contributed by atoms with E-state index in [9.17, 15) is 18.4 Å². The van der Waals surface area contributed by atoms with Crippen LogP contribution >= 0.6 is 11.6 Å². The van der Waals surface area contributed by atoms with Crippen molar-refractivity contribution in [3.63, 3.8) is 0 Å². The molecule has 2 aromatic carbocycles. The summed E-state index contributed by atoms with van der Waals surface area (Å²) in [7, 11) is 0. The highest BCUT2D eigenvalue weighted by atomic mass is 35.5. The van der Waals surface area contributed by atoms with Crippen molar-refractivity contribution < 1.29 is 27.8 Å². The molecule has 1 fully saturated rings. The number of anilines is 1. The molecule has 4 heterocycles. The van der Waals surface area contributed by atoms with Crippen molar-refractivity contribution in [3.8, 4) is 5.75 Å². The molecule has 3 aromatic rings. The number of aromatic nitrogens is 2. The highest BCUT2D eigenvalue weighted by Gasteiger charge is 2.50. The summed E-state index contributed by atoms with van der Waals surface area (Å²) in [5, 5.41) is 0.527. The fourth-order valence-corrected chi connectivity index (χ4v) is 5.73. The molecule has 3 aliphatic heterocycles. The van der Waals surface area contributed by atoms with Crippen LogP contribution in [0.4, 0.5) is 19.3 Å². The minimum absolute atomic E-state index is 0.0227. The van der Waals surface area contributed by atoms with E-state index in [0.717, 1.165) is 5.52 Å². The maximum atomic E-state index is 13.9. The summed E-state index contributed by atoms with van der Waals surface area (Å²) in [6, 6.07) is 9.43. The smallest absolute Gasteiger partial charge is 0.410 e. The number of ether oxygens (including phenoxy) is 2. The Morgan fingerprint density at radius 3 is 2.59 bits per heavy atom. The minimum Gasteiger partial charge on any atom is -0.444 e. The molecular formula is C26H25ClF2N4O4. The molecule has 6 rings (SSSR count). The molecule has 0 spiro atoms. The van der Waals surface area contributed by atoms with Crippen molar-refractivity contribution in [1.29, 1.82) is 0 Å². The van der Waals surface area contributed by atoms with Gasteiger partial charge in [0, 0.05) is 30.1 Å². The molecule has 37 heavy (non-hydrogen) atoms. The van der Waals surface area contributed by atoms with Crippen LogP contribution in [-0.4, -0.2) is 51.8 Å². The number of carbonyl (C=O) groups excluding carboxylic acids is 2. The second-order valence-corrected chi connectivity index (χ2v) is 11.0. The van der Waals surface area contributed by atoms with Crippen molar-refractivity contribution in [2.45, 2.75) is 51.5 Å². The molecule has 1 saturated heterocycles. The van der Waals surface area contributed by atoms with Gasteiger partial charge in [-0.1, -0.05) is 17.7 Å². The van der Waals surface area contributed by atoms with Gasteiger partial charge in [0.2, 0.25) is 5.91 Å². The second-order valence-electron chi connectivity index (χ2n) is 10.6. The number of fused-ring (bicyclic) bond motifs is 3. The number of nitrogens with zero attached hydrogens (tertiary/aromatic N) is 4. The van der Waals surface area contributed by atoms with Crippen LogP contribution in [0.1, 0.15) is 50.7 Å². The molecule has 3 aliphatic rings. The van der Waals surface area contributed by atoms with Gasteiger partial charge >= 0.3 is 12.7 Å². The van der Waals surface area contributed by atoms with E-state index in [-0.39, 0.29) is 30.8 Å². The van der Waals surface area contributed by atoms with E-state index in [1.54, 1.807) is 56.0 Å². The van der Waals surface area contributed by atoms with Gasteiger partial charge in [-0.15, -0.1) is 0 Å². The summed E-state index contributed by atoms with van der Waals surface area (Å²) in [6.07, 6.45) is -0.00172. The second kappa shape index (κ2) is 8.31. The largest absolute Gasteiger partial charge is 0.444 e. The number of carbonyl (C=O) groups is 2. The zero-order valence-electron chi connectivity index (χ0n) is 20.5. The monoisotopic (exact) mass is 530 g/mol. The Morgan fingerprint density at radius 2 is 1.89 bits per heavy atom. The van der Waals surface area contributed by atoms with E-state index < -0.39 is 30.3 Å². The lowest BCUT2D eigenvalue weighted by atomic mass is 9.90. The predicted octanol–water partition coefficient (Wildman–Crippen LogP) is 5.54. The van der Waals surface area contributed by atoms with E-state index in [0.29, 0.717) is 34.0 Å². The first kappa shape index (κ1) is 24.0. The van der Waals surface area contributed by atoms with E-state index >= 15 is 0 Å². The van der Waals surface area contributed by atoms with Gasteiger partial charge in [-0.3, -0.25) is 4.79 Å². The molecule has 194 valence electrons. The van der Waals surface area contributed by atoms with Gasteiger partial charge in [0.15, 0.2) is 0 Å². The van der Waals surface area contributed by atoms with Gasteiger partial charge in [-0.05, 0) is 51.1 Å². The van der Waals surface area contributed by atoms with Crippen molar-refractivity contribution in [2.24, 2.45) is 5.92 Å². The van der Waals surface area contributed by atoms with Crippen LogP contribution in [0.3, 0.4) is 0 Å². The average molecular weight is 531 g/mol. The van der Waals surface area contributed by atoms with Gasteiger partial charge in [-0.25, -0.2) is 9.78 Å². The molecule has 0 radical (unpaired) electrons. The number of alkyl halides is 2. The molecule has 11 heteroatoms. The van der Waals surface area contributed by atoms with Crippen LogP contribution in [0.15, 0.2) is 36.4 Å². The Labute approximate surface area is 216 Å². The molecule has 0 aliphatic carbocycles. The Bertz CT molecular complexity index is 1430. The van der Waals surface area contributed by atoms with Crippen LogP contribution in [0, 0.1) is 5.92 Å². The van der Waals surface area contributed by atoms with Crippen LogP contribution in [0.25, 0.3) is 11.0 Å². The SMILES string of the molecule is CC(C)(C)OC(=O)N1CC(C(=O)N2c3cccc(OC(F)F)c3[C@H]3C[C@@H]2c2nc4ccc(Cl)cc4n23)C1. The molecule has 2 atom stereocenters. The van der Waals surface area contributed by atoms with Gasteiger partial charge in [0.25, 0.3) is 0 Å². The number of likely N-dealkylation sites (tertiary alicyclic amines) is 1. The predicted molar refractivity (Wildman–Crippen MR) is 132 cm³/mol. The van der Waals surface area contributed by atoms with Crippen molar-refractivity contribution in [2.75, 3.05) is 18.0 Å². The highest BCUT2D eigenvalue weighted by Crippen LogP contribution is 2.55. The maximum Gasteiger partial charge on any atom is 0.410 e. The Balaban J connectivity index is 1.40. The molecular weight excluding hydrogens is 506 g/mol. The first-order valence-electron chi connectivity index (χ1n) is 12.1. The van der Waals surface area contributed by atoms with Crippen molar-refractivity contribution in [1.82, 2.24) is 14.5 Å². The van der Waals surface area contributed by atoms with Gasteiger partial charge in [-0.2, -0.15) is 8.78 Å². The standard InChI is InChI=1S/C26H25ClF2N4O4/c1-26(2,3)37-25(35)31-11-13(12-31)23(34)33-16-5-4-6-20(36-24(28)29)21(16)18-10-19(33)22-30-15-8-7-14(27)9-17(15)32(18)22/h4-9,13,18-19,24H,10-12H2,1-3H3/t18-,19-/m1/s1. The van der Waals surface area contributed by atoms with Gasteiger partial charge < -0.3 is 23.8 Å². The summed E-state index contributed by atoms with van der Waals surface area (Å²) >= 11 is 6.27. The van der Waals surface area contributed by atoms with Crippen LogP contribution in [0.2, 0.25) is 5.02 Å². The Kier molecular flexibility index (Phi) is 5.38. The van der Waals surface area contributed by atoms with Crippen molar-refractivity contribution >= 4 is 40.3 Å². The fourth-order valence-electron chi connectivity index (χ4n) is 5.56. The van der Waals surface area contributed by atoms with E-state index in [1.165, 1.54) is 11.0 Å². The third-order valence-corrected chi connectivity index (χ3v) is 7.25. The van der Waals surface area contributed by atoms with E-state index in [1.807, 2.05) is 4.57 Å². The lowest BCUT2D eigenvalue weighted by molar-refractivity contribution is -0.127. The third-order valence-electron chi connectivity index (χ3n) is 7.02. The van der Waals surface area contributed by atoms with Crippen molar-refractivity contribution in [3.05, 3.63) is 52.8 Å². The number of imidazole rings is 1. The van der Waals surface area contributed by atoms with Crippen LogP contribution in [-0.2, 0) is 9.53 Å². The molecule has 2 amide bonds. The van der Waals surface area contributed by atoms with E-state index in [4.69, 9.17) is 26.1 Å². The lowest BCUT2D eigenvalue weighted by Gasteiger charge is -2.43. The molecule has 0 unspecified atom stereocenters. The first-order chi connectivity index (χ1) is 17.5. The Hall–Kier alpha value is -3.40. The molecule has 2 bridgehead atoms. The average Bonchev–Trinajstić information content (AvgIpc) is 3.27. The fraction of sp³-hybridized carbons (Fsp3) is 0.423. The van der Waals surface area contributed by atoms with E-state index in [2.05, 4.69) is 0 Å². The third kappa shape index (κ3) is 3.89. The zero-order valence-corrected chi connectivity index (χ0v) is 21.2. The normalized spacial score (nSPS) is 20.6. The zero-order chi connectivity index (χ0) is 26.2. The summed E-state index contributed by atoms with van der Waals surface area (Å²) < 4.78 is 39.0. The van der Waals surface area contributed by atoms with Gasteiger partial charge in [0.05, 0.1) is 34.7 Å². The lowest BCUT2D eigenvalue weighted by Crippen LogP contribution is -2.58. The number of halogens is 3. The van der Waals surface area contributed by atoms with Gasteiger partial charge in [0.1, 0.15) is 17.2 Å². The highest BCUT2D eigenvalue weighted by molar-refractivity contribution is 6.31. The minimum atomic E-state index is -3.02. The number of amides is 2. The molecule has 0 N–H and O–H groups in total. The summed E-state index contributed by atoms with van der Waals surface area (Å²) in [5.41, 5.74) is 1.85. The number of hydrogen-bond acceptors (Lipinski definition) is 5. The number of rotatable bonds is 3. The summed E-state index contributed by atoms with van der Waals surface area (Å²) in [5.74, 6) is 0.0364. The quantitative estimate of drug-likeness (QED) is 0.444. The number of hydrogen-bond donors (Lipinski definition) is 0. The Morgan fingerprint density at radius 1 is 1.14 bits per heavy atom. The summed E-state index contributed by atoms with van der Waals surface area (Å²) in [6.45, 7) is 2.77. The molecule has 1 aromatic heterocycles. The van der Waals surface area contributed by atoms with Crippen LogP contribution < -0.4 is 9.64 Å². The summed E-state index contributed by atoms with van der Waals surface area (Å²) in [4.78, 5) is 34.3. The topological polar surface area (TPSA) is 76.9 Å². The van der Waals surface area contributed by atoms with Crippen LogP contribution in [0.5, 0.6) is 5.75 Å². The number of benzene rings is 2. The first-order valence-corrected chi connectivity index (χ1v) is 12.5. The maximum absolute atomic E-state index is 13.9. The molecule has 8 nitrogen and oxygen atoms in total.